The molecular formula is C18H21N3O4. The van der Waals surface area contributed by atoms with E-state index in [-0.39, 0.29) is 5.91 Å². The Kier molecular flexibility index (Phi) is 5.84. The van der Waals surface area contributed by atoms with Crippen molar-refractivity contribution in [1.29, 1.82) is 0 Å². The molecule has 0 saturated heterocycles. The molecule has 0 aliphatic carbocycles. The van der Waals surface area contributed by atoms with Crippen LogP contribution in [0.15, 0.2) is 42.5 Å². The van der Waals surface area contributed by atoms with Crippen molar-refractivity contribution in [2.75, 3.05) is 38.9 Å². The molecule has 0 heterocycles. The van der Waals surface area contributed by atoms with Gasteiger partial charge in [0.25, 0.3) is 5.91 Å². The molecule has 0 atom stereocenters. The lowest BCUT2D eigenvalue weighted by Crippen LogP contribution is -2.23. The van der Waals surface area contributed by atoms with Crippen LogP contribution in [0.3, 0.4) is 0 Å². The van der Waals surface area contributed by atoms with Crippen LogP contribution in [0.25, 0.3) is 0 Å². The molecule has 0 fully saturated rings. The zero-order valence-corrected chi connectivity index (χ0v) is 14.6. The molecule has 0 unspecified atom stereocenters. The van der Waals surface area contributed by atoms with Gasteiger partial charge in [0.05, 0.1) is 19.9 Å². The first-order valence-electron chi connectivity index (χ1n) is 7.56. The van der Waals surface area contributed by atoms with Gasteiger partial charge >= 0.3 is 6.03 Å². The van der Waals surface area contributed by atoms with Crippen LogP contribution in [0.4, 0.5) is 16.2 Å². The standard InChI is InChI=1S/C18H21N3O4/c1-21(2)17(22)12-6-5-7-13(10-12)19-18(23)20-15-9-8-14(24-3)11-16(15)25-4/h5-11H,1-4H3,(H2,19,20,23). The maximum absolute atomic E-state index is 12.2. The highest BCUT2D eigenvalue weighted by Gasteiger charge is 2.11. The van der Waals surface area contributed by atoms with E-state index in [2.05, 4.69) is 10.6 Å². The highest BCUT2D eigenvalue weighted by Crippen LogP contribution is 2.29. The van der Waals surface area contributed by atoms with Crippen molar-refractivity contribution >= 4 is 23.3 Å². The quantitative estimate of drug-likeness (QED) is 0.874. The van der Waals surface area contributed by atoms with Gasteiger partial charge in [-0.05, 0) is 30.3 Å². The Balaban J connectivity index is 2.11. The van der Waals surface area contributed by atoms with Crippen LogP contribution in [0.2, 0.25) is 0 Å². The number of carbonyl (C=O) groups excluding carboxylic acids is 2. The minimum absolute atomic E-state index is 0.138. The number of benzene rings is 2. The summed E-state index contributed by atoms with van der Waals surface area (Å²) in [6.07, 6.45) is 0. The summed E-state index contributed by atoms with van der Waals surface area (Å²) in [5, 5.41) is 5.40. The molecule has 2 N–H and O–H groups in total. The number of hydrogen-bond donors (Lipinski definition) is 2. The fourth-order valence-electron chi connectivity index (χ4n) is 2.17. The molecule has 132 valence electrons. The molecule has 7 nitrogen and oxygen atoms in total. The zero-order chi connectivity index (χ0) is 18.4. The highest BCUT2D eigenvalue weighted by atomic mass is 16.5. The van der Waals surface area contributed by atoms with Crippen LogP contribution in [0.1, 0.15) is 10.4 Å². The van der Waals surface area contributed by atoms with E-state index in [1.54, 1.807) is 63.7 Å². The van der Waals surface area contributed by atoms with Gasteiger partial charge in [0.1, 0.15) is 11.5 Å². The van der Waals surface area contributed by atoms with Crippen LogP contribution < -0.4 is 20.1 Å². The second-order valence-corrected chi connectivity index (χ2v) is 5.43. The summed E-state index contributed by atoms with van der Waals surface area (Å²) in [7, 11) is 6.40. The number of ether oxygens (including phenoxy) is 2. The summed E-state index contributed by atoms with van der Waals surface area (Å²) in [4.78, 5) is 25.7. The normalized spacial score (nSPS) is 9.92. The van der Waals surface area contributed by atoms with Crippen LogP contribution in [-0.2, 0) is 0 Å². The lowest BCUT2D eigenvalue weighted by molar-refractivity contribution is 0.0827. The van der Waals surface area contributed by atoms with Gasteiger partial charge in [-0.15, -0.1) is 0 Å². The van der Waals surface area contributed by atoms with E-state index in [0.29, 0.717) is 28.4 Å². The van der Waals surface area contributed by atoms with Gasteiger partial charge < -0.3 is 25.0 Å². The number of hydrogen-bond acceptors (Lipinski definition) is 4. The maximum Gasteiger partial charge on any atom is 0.323 e. The number of nitrogens with one attached hydrogen (secondary N) is 2. The molecule has 0 bridgehead atoms. The van der Waals surface area contributed by atoms with Crippen molar-refractivity contribution in [2.45, 2.75) is 0 Å². The van der Waals surface area contributed by atoms with Crippen LogP contribution in [-0.4, -0.2) is 45.2 Å². The summed E-state index contributed by atoms with van der Waals surface area (Å²) in [5.74, 6) is 0.963. The third kappa shape index (κ3) is 4.63. The molecular weight excluding hydrogens is 322 g/mol. The summed E-state index contributed by atoms with van der Waals surface area (Å²) in [6.45, 7) is 0. The second kappa shape index (κ2) is 8.05. The monoisotopic (exact) mass is 343 g/mol. The number of anilines is 2. The minimum Gasteiger partial charge on any atom is -0.497 e. The van der Waals surface area contributed by atoms with Crippen LogP contribution in [0.5, 0.6) is 11.5 Å². The summed E-state index contributed by atoms with van der Waals surface area (Å²) >= 11 is 0. The van der Waals surface area contributed by atoms with E-state index in [1.807, 2.05) is 0 Å². The topological polar surface area (TPSA) is 79.9 Å². The molecule has 0 spiro atoms. The van der Waals surface area contributed by atoms with Crippen molar-refractivity contribution < 1.29 is 19.1 Å². The maximum atomic E-state index is 12.2. The first-order chi connectivity index (χ1) is 11.9. The van der Waals surface area contributed by atoms with Crippen molar-refractivity contribution in [3.63, 3.8) is 0 Å². The molecule has 2 rings (SSSR count). The van der Waals surface area contributed by atoms with Crippen LogP contribution in [0, 0.1) is 0 Å². The largest absolute Gasteiger partial charge is 0.497 e. The van der Waals surface area contributed by atoms with Gasteiger partial charge in [-0.1, -0.05) is 6.07 Å². The van der Waals surface area contributed by atoms with Crippen LogP contribution >= 0.6 is 0 Å². The Hall–Kier alpha value is -3.22. The number of methoxy groups -OCH3 is 2. The average Bonchev–Trinajstić information content (AvgIpc) is 2.61. The molecule has 0 aromatic heterocycles. The average molecular weight is 343 g/mol. The number of nitrogens with zero attached hydrogens (tertiary/aromatic N) is 1. The smallest absolute Gasteiger partial charge is 0.323 e. The van der Waals surface area contributed by atoms with E-state index in [4.69, 9.17) is 9.47 Å². The predicted molar refractivity (Wildman–Crippen MR) is 96.6 cm³/mol. The van der Waals surface area contributed by atoms with Gasteiger partial charge in [-0.3, -0.25) is 4.79 Å². The number of carbonyl (C=O) groups is 2. The van der Waals surface area contributed by atoms with E-state index >= 15 is 0 Å². The molecule has 25 heavy (non-hydrogen) atoms. The SMILES string of the molecule is COc1ccc(NC(=O)Nc2cccc(C(=O)N(C)C)c2)c(OC)c1. The molecule has 0 aliphatic heterocycles. The van der Waals surface area contributed by atoms with Gasteiger partial charge in [-0.2, -0.15) is 0 Å². The Morgan fingerprint density at radius 2 is 1.72 bits per heavy atom. The van der Waals surface area contributed by atoms with E-state index in [9.17, 15) is 9.59 Å². The lowest BCUT2D eigenvalue weighted by atomic mass is 10.2. The fourth-order valence-corrected chi connectivity index (χ4v) is 2.17. The zero-order valence-electron chi connectivity index (χ0n) is 14.6. The number of amides is 3. The summed E-state index contributed by atoms with van der Waals surface area (Å²) in [6, 6.07) is 11.4. The van der Waals surface area contributed by atoms with E-state index in [1.165, 1.54) is 12.0 Å². The number of urea groups is 1. The van der Waals surface area contributed by atoms with E-state index < -0.39 is 6.03 Å². The summed E-state index contributed by atoms with van der Waals surface area (Å²) in [5.41, 5.74) is 1.50. The Bertz CT molecular complexity index is 775. The summed E-state index contributed by atoms with van der Waals surface area (Å²) < 4.78 is 10.4. The molecule has 3 amide bonds. The second-order valence-electron chi connectivity index (χ2n) is 5.43. The van der Waals surface area contributed by atoms with Crippen molar-refractivity contribution in [2.24, 2.45) is 0 Å². The Morgan fingerprint density at radius 1 is 0.960 bits per heavy atom. The third-order valence-corrected chi connectivity index (χ3v) is 3.43. The van der Waals surface area contributed by atoms with Crippen molar-refractivity contribution in [3.8, 4) is 11.5 Å². The van der Waals surface area contributed by atoms with E-state index in [0.717, 1.165) is 0 Å². The lowest BCUT2D eigenvalue weighted by Gasteiger charge is -2.13. The molecule has 0 radical (unpaired) electrons. The molecule has 0 aliphatic rings. The van der Waals surface area contributed by atoms with Crippen molar-refractivity contribution in [3.05, 3.63) is 48.0 Å². The molecule has 0 saturated carbocycles. The first kappa shape index (κ1) is 18.1. The van der Waals surface area contributed by atoms with Crippen molar-refractivity contribution in [1.82, 2.24) is 4.90 Å². The predicted octanol–water partition coefficient (Wildman–Crippen LogP) is 3.05. The first-order valence-corrected chi connectivity index (χ1v) is 7.56. The van der Waals surface area contributed by atoms with Gasteiger partial charge in [-0.25, -0.2) is 4.79 Å². The van der Waals surface area contributed by atoms with Gasteiger partial charge in [0, 0.05) is 31.4 Å². The molecule has 2 aromatic carbocycles. The Labute approximate surface area is 146 Å². The molecule has 2 aromatic rings. The van der Waals surface area contributed by atoms with Gasteiger partial charge in [0.2, 0.25) is 0 Å². The minimum atomic E-state index is -0.446. The number of rotatable bonds is 5. The third-order valence-electron chi connectivity index (χ3n) is 3.43. The highest BCUT2D eigenvalue weighted by molar-refractivity contribution is 6.02. The van der Waals surface area contributed by atoms with Gasteiger partial charge in [0.15, 0.2) is 0 Å². The molecule has 7 heteroatoms. The Morgan fingerprint density at radius 3 is 2.36 bits per heavy atom. The fraction of sp³-hybridized carbons (Fsp3) is 0.222.